The lowest BCUT2D eigenvalue weighted by molar-refractivity contribution is -0.200. The van der Waals surface area contributed by atoms with Gasteiger partial charge in [0, 0.05) is 17.1 Å². The lowest BCUT2D eigenvalue weighted by atomic mass is 10.1. The lowest BCUT2D eigenvalue weighted by Crippen LogP contribution is -2.69. The zero-order chi connectivity index (χ0) is 24.4. The van der Waals surface area contributed by atoms with E-state index >= 15 is 0 Å². The predicted octanol–water partition coefficient (Wildman–Crippen LogP) is 3.14. The average Bonchev–Trinajstić information content (AvgIpc) is 3.02. The molecule has 2 N–H and O–H groups in total. The van der Waals surface area contributed by atoms with Crippen LogP contribution >= 0.6 is 11.6 Å². The van der Waals surface area contributed by atoms with Crippen LogP contribution in [0.15, 0.2) is 42.5 Å². The maximum Gasteiger partial charge on any atom is 0.440 e. The molecule has 2 aromatic rings. The van der Waals surface area contributed by atoms with E-state index in [-0.39, 0.29) is 23.6 Å². The van der Waals surface area contributed by atoms with Crippen LogP contribution in [0.3, 0.4) is 0 Å². The monoisotopic (exact) mass is 485 g/mol. The Morgan fingerprint density at radius 3 is 2.30 bits per heavy atom. The lowest BCUT2D eigenvalue weighted by Gasteiger charge is -2.29. The highest BCUT2D eigenvalue weighted by Crippen LogP contribution is 2.34. The smallest absolute Gasteiger partial charge is 0.440 e. The summed E-state index contributed by atoms with van der Waals surface area (Å²) in [7, 11) is 2.86. The molecule has 1 heterocycles. The number of nitrogens with one attached hydrogen (secondary N) is 2. The molecule has 0 saturated carbocycles. The fourth-order valence-corrected chi connectivity index (χ4v) is 3.37. The maximum atomic E-state index is 14.0. The highest BCUT2D eigenvalue weighted by molar-refractivity contribution is 6.30. The Bertz CT molecular complexity index is 1080. The van der Waals surface area contributed by atoms with E-state index in [1.165, 1.54) is 38.5 Å². The van der Waals surface area contributed by atoms with Gasteiger partial charge in [-0.05, 0) is 48.4 Å². The molecule has 0 aromatic heterocycles. The van der Waals surface area contributed by atoms with Crippen LogP contribution in [0, 0.1) is 0 Å². The molecule has 1 atom stereocenters. The number of carbonyl (C=O) groups is 3. The van der Waals surface area contributed by atoms with Crippen LogP contribution in [0.4, 0.5) is 18.0 Å². The first-order valence-electron chi connectivity index (χ1n) is 9.52. The Morgan fingerprint density at radius 1 is 1.09 bits per heavy atom. The van der Waals surface area contributed by atoms with E-state index in [1.54, 1.807) is 28.8 Å². The molecule has 0 aliphatic carbocycles. The fraction of sp³-hybridized carbons (Fsp3) is 0.286. The van der Waals surface area contributed by atoms with Crippen molar-refractivity contribution >= 4 is 29.4 Å². The summed E-state index contributed by atoms with van der Waals surface area (Å²) >= 11 is 5.72. The quantitative estimate of drug-likeness (QED) is 0.587. The number of methoxy groups -OCH3 is 2. The molecule has 3 rings (SSSR count). The number of hydrogen-bond acceptors (Lipinski definition) is 5. The second-order valence-corrected chi connectivity index (χ2v) is 7.47. The first kappa shape index (κ1) is 24.2. The van der Waals surface area contributed by atoms with Crippen LogP contribution in [-0.2, 0) is 11.2 Å². The average molecular weight is 486 g/mol. The third-order valence-corrected chi connectivity index (χ3v) is 5.26. The molecule has 2 aromatic carbocycles. The standard InChI is InChI=1S/C21H19ClF3N3O5/c1-32-15-8-3-12(11-16(15)33-2)9-10-28-18(30)20(21(23,24)25,27-19(28)31)26-17(29)13-4-6-14(22)7-5-13/h3-8,11H,9-10H2,1-2H3,(H,26,29)(H,27,31)/t20-/m0/s1. The number of carbonyl (C=O) groups excluding carboxylic acids is 3. The van der Waals surface area contributed by atoms with Crippen LogP contribution in [-0.4, -0.2) is 55.3 Å². The molecule has 1 aliphatic heterocycles. The van der Waals surface area contributed by atoms with E-state index in [0.29, 0.717) is 22.0 Å². The molecule has 0 bridgehead atoms. The molecule has 1 saturated heterocycles. The SMILES string of the molecule is COc1ccc(CCN2C(=O)N[C@](NC(=O)c3ccc(Cl)cc3)(C(F)(F)F)C2=O)cc1OC. The zero-order valence-electron chi connectivity index (χ0n) is 17.5. The van der Waals surface area contributed by atoms with E-state index < -0.39 is 29.7 Å². The van der Waals surface area contributed by atoms with Gasteiger partial charge in [0.15, 0.2) is 11.5 Å². The Balaban J connectivity index is 1.82. The number of imide groups is 1. The van der Waals surface area contributed by atoms with Crippen molar-refractivity contribution in [2.24, 2.45) is 0 Å². The summed E-state index contributed by atoms with van der Waals surface area (Å²) in [6.45, 7) is -0.366. The summed E-state index contributed by atoms with van der Waals surface area (Å²) < 4.78 is 52.2. The van der Waals surface area contributed by atoms with Crippen LogP contribution in [0.5, 0.6) is 11.5 Å². The van der Waals surface area contributed by atoms with Gasteiger partial charge in [0.1, 0.15) is 0 Å². The number of nitrogens with zero attached hydrogens (tertiary/aromatic N) is 1. The summed E-state index contributed by atoms with van der Waals surface area (Å²) in [6.07, 6.45) is -5.27. The van der Waals surface area contributed by atoms with Crippen LogP contribution < -0.4 is 20.1 Å². The number of urea groups is 1. The minimum absolute atomic E-state index is 0.0403. The van der Waals surface area contributed by atoms with Gasteiger partial charge in [-0.15, -0.1) is 0 Å². The van der Waals surface area contributed by atoms with Crippen LogP contribution in [0.2, 0.25) is 5.02 Å². The van der Waals surface area contributed by atoms with Gasteiger partial charge in [0.2, 0.25) is 0 Å². The first-order chi connectivity index (χ1) is 15.5. The van der Waals surface area contributed by atoms with Gasteiger partial charge in [-0.1, -0.05) is 17.7 Å². The predicted molar refractivity (Wildman–Crippen MR) is 111 cm³/mol. The zero-order valence-corrected chi connectivity index (χ0v) is 18.2. The Morgan fingerprint density at radius 2 is 1.73 bits per heavy atom. The molecule has 4 amide bonds. The third-order valence-electron chi connectivity index (χ3n) is 5.01. The molecular formula is C21H19ClF3N3O5. The van der Waals surface area contributed by atoms with Crippen molar-refractivity contribution in [1.82, 2.24) is 15.5 Å². The van der Waals surface area contributed by atoms with E-state index in [2.05, 4.69) is 0 Å². The van der Waals surface area contributed by atoms with Gasteiger partial charge in [-0.2, -0.15) is 13.2 Å². The Kier molecular flexibility index (Phi) is 6.73. The highest BCUT2D eigenvalue weighted by Gasteiger charge is 2.68. The summed E-state index contributed by atoms with van der Waals surface area (Å²) in [6, 6.07) is 8.51. The number of halogens is 4. The molecule has 1 fully saturated rings. The maximum absolute atomic E-state index is 14.0. The Hall–Kier alpha value is -3.47. The van der Waals surface area contributed by atoms with Gasteiger partial charge in [0.05, 0.1) is 14.2 Å². The van der Waals surface area contributed by atoms with Gasteiger partial charge >= 0.3 is 12.2 Å². The Labute approximate surface area is 191 Å². The van der Waals surface area contributed by atoms with E-state index in [4.69, 9.17) is 21.1 Å². The number of rotatable bonds is 7. The molecule has 33 heavy (non-hydrogen) atoms. The summed E-state index contributed by atoms with van der Waals surface area (Å²) in [5, 5.41) is 3.52. The summed E-state index contributed by atoms with van der Waals surface area (Å²) in [5.41, 5.74) is -3.19. The van der Waals surface area contributed by atoms with Crippen molar-refractivity contribution in [3.8, 4) is 11.5 Å². The van der Waals surface area contributed by atoms with Crippen LogP contribution in [0.1, 0.15) is 15.9 Å². The molecule has 0 radical (unpaired) electrons. The molecule has 0 unspecified atom stereocenters. The molecule has 8 nitrogen and oxygen atoms in total. The number of amides is 4. The number of ether oxygens (including phenoxy) is 2. The fourth-order valence-electron chi connectivity index (χ4n) is 3.25. The first-order valence-corrected chi connectivity index (χ1v) is 9.90. The summed E-state index contributed by atoms with van der Waals surface area (Å²) in [5.74, 6) is -2.02. The number of benzene rings is 2. The van der Waals surface area contributed by atoms with Crippen molar-refractivity contribution in [1.29, 1.82) is 0 Å². The topological polar surface area (TPSA) is 97.0 Å². The van der Waals surface area contributed by atoms with Crippen molar-refractivity contribution in [2.45, 2.75) is 18.3 Å². The minimum Gasteiger partial charge on any atom is -0.493 e. The van der Waals surface area contributed by atoms with Crippen molar-refractivity contribution in [3.63, 3.8) is 0 Å². The van der Waals surface area contributed by atoms with Gasteiger partial charge in [-0.3, -0.25) is 19.8 Å². The van der Waals surface area contributed by atoms with Gasteiger partial charge in [-0.25, -0.2) is 4.79 Å². The molecular weight excluding hydrogens is 467 g/mol. The normalized spacial score (nSPS) is 18.2. The van der Waals surface area contributed by atoms with Gasteiger partial charge < -0.3 is 14.8 Å². The van der Waals surface area contributed by atoms with E-state index in [0.717, 1.165) is 0 Å². The molecule has 0 spiro atoms. The highest BCUT2D eigenvalue weighted by atomic mass is 35.5. The number of alkyl halides is 3. The molecule has 1 aliphatic rings. The second-order valence-electron chi connectivity index (χ2n) is 7.04. The molecule has 12 heteroatoms. The van der Waals surface area contributed by atoms with Crippen molar-refractivity contribution < 1.29 is 37.0 Å². The minimum atomic E-state index is -5.31. The second kappa shape index (κ2) is 9.18. The van der Waals surface area contributed by atoms with Gasteiger partial charge in [0.25, 0.3) is 17.5 Å². The van der Waals surface area contributed by atoms with Crippen LogP contribution in [0.25, 0.3) is 0 Å². The van der Waals surface area contributed by atoms with E-state index in [1.807, 2.05) is 0 Å². The van der Waals surface area contributed by atoms with Crippen molar-refractivity contribution in [3.05, 3.63) is 58.6 Å². The molecule has 176 valence electrons. The third kappa shape index (κ3) is 4.68. The summed E-state index contributed by atoms with van der Waals surface area (Å²) in [4.78, 5) is 38.0. The van der Waals surface area contributed by atoms with E-state index in [9.17, 15) is 27.6 Å². The number of hydrogen-bond donors (Lipinski definition) is 2. The largest absolute Gasteiger partial charge is 0.493 e. The van der Waals surface area contributed by atoms with Crippen molar-refractivity contribution in [2.75, 3.05) is 20.8 Å².